The molecule has 0 bridgehead atoms. The predicted octanol–water partition coefficient (Wildman–Crippen LogP) is 2.48. The lowest BCUT2D eigenvalue weighted by Gasteiger charge is -2.11. The number of nitrogens with zero attached hydrogens (tertiary/aromatic N) is 1. The van der Waals surface area contributed by atoms with Crippen molar-refractivity contribution in [2.45, 2.75) is 13.8 Å². The number of nitrogens with one attached hydrogen (secondary N) is 1. The Bertz CT molecular complexity index is 582. The molecule has 0 aliphatic heterocycles. The Morgan fingerprint density at radius 3 is 2.85 bits per heavy atom. The van der Waals surface area contributed by atoms with Gasteiger partial charge in [-0.3, -0.25) is 9.78 Å². The second-order valence-corrected chi connectivity index (χ2v) is 5.62. The summed E-state index contributed by atoms with van der Waals surface area (Å²) in [5, 5.41) is 15.8. The van der Waals surface area contributed by atoms with Gasteiger partial charge in [-0.15, -0.1) is 0 Å². The summed E-state index contributed by atoms with van der Waals surface area (Å²) < 4.78 is 0. The zero-order chi connectivity index (χ0) is 14.5. The maximum absolute atomic E-state index is 12.1. The molecule has 0 saturated heterocycles. The molecule has 0 saturated carbocycles. The average Bonchev–Trinajstić information content (AvgIpc) is 2.98. The summed E-state index contributed by atoms with van der Waals surface area (Å²) in [6, 6.07) is 5.67. The first-order chi connectivity index (χ1) is 9.61. The van der Waals surface area contributed by atoms with Crippen molar-refractivity contribution in [3.05, 3.63) is 40.2 Å². The molecule has 0 radical (unpaired) electrons. The van der Waals surface area contributed by atoms with Crippen molar-refractivity contribution in [1.29, 1.82) is 0 Å². The van der Waals surface area contributed by atoms with Gasteiger partial charge in [0.1, 0.15) is 0 Å². The maximum Gasteiger partial charge on any atom is 0.253 e. The van der Waals surface area contributed by atoms with Crippen LogP contribution in [0.1, 0.15) is 23.0 Å². The molecule has 0 aromatic carbocycles. The van der Waals surface area contributed by atoms with Gasteiger partial charge in [-0.1, -0.05) is 6.92 Å². The number of aromatic nitrogens is 1. The number of pyridine rings is 1. The van der Waals surface area contributed by atoms with Crippen LogP contribution in [0.5, 0.6) is 0 Å². The van der Waals surface area contributed by atoms with Gasteiger partial charge >= 0.3 is 0 Å². The van der Waals surface area contributed by atoms with Crippen LogP contribution in [0.3, 0.4) is 0 Å². The summed E-state index contributed by atoms with van der Waals surface area (Å²) in [5.41, 5.74) is 3.24. The number of hydrogen-bond donors (Lipinski definition) is 2. The summed E-state index contributed by atoms with van der Waals surface area (Å²) in [7, 11) is 0. The van der Waals surface area contributed by atoms with E-state index >= 15 is 0 Å². The van der Waals surface area contributed by atoms with Crippen molar-refractivity contribution in [3.63, 3.8) is 0 Å². The fourth-order valence-corrected chi connectivity index (χ4v) is 2.45. The molecular weight excluding hydrogens is 272 g/mol. The van der Waals surface area contributed by atoms with Crippen LogP contribution < -0.4 is 5.32 Å². The average molecular weight is 290 g/mol. The second-order valence-electron chi connectivity index (χ2n) is 4.84. The maximum atomic E-state index is 12.1. The number of carbonyl (C=O) groups is 1. The van der Waals surface area contributed by atoms with Gasteiger partial charge in [0, 0.05) is 24.1 Å². The van der Waals surface area contributed by atoms with Crippen molar-refractivity contribution in [1.82, 2.24) is 10.3 Å². The minimum atomic E-state index is -0.146. The third-order valence-corrected chi connectivity index (χ3v) is 3.75. The first-order valence-electron chi connectivity index (χ1n) is 6.51. The highest BCUT2D eigenvalue weighted by molar-refractivity contribution is 7.08. The van der Waals surface area contributed by atoms with Crippen LogP contribution in [0, 0.1) is 12.8 Å². The van der Waals surface area contributed by atoms with E-state index in [4.69, 9.17) is 5.11 Å². The fourth-order valence-electron chi connectivity index (χ4n) is 1.80. The number of aryl methyl sites for hydroxylation is 1. The largest absolute Gasteiger partial charge is 0.396 e. The highest BCUT2D eigenvalue weighted by Crippen LogP contribution is 2.21. The Kier molecular flexibility index (Phi) is 4.87. The third-order valence-electron chi connectivity index (χ3n) is 3.07. The van der Waals surface area contributed by atoms with Crippen LogP contribution in [-0.4, -0.2) is 29.1 Å². The molecule has 20 heavy (non-hydrogen) atoms. The summed E-state index contributed by atoms with van der Waals surface area (Å²) in [5.74, 6) is -0.0931. The van der Waals surface area contributed by atoms with Gasteiger partial charge in [0.05, 0.1) is 17.0 Å². The van der Waals surface area contributed by atoms with E-state index in [0.717, 1.165) is 11.3 Å². The van der Waals surface area contributed by atoms with Gasteiger partial charge in [-0.25, -0.2) is 0 Å². The molecule has 2 aromatic heterocycles. The van der Waals surface area contributed by atoms with E-state index in [2.05, 4.69) is 10.3 Å². The number of thiophene rings is 1. The Labute approximate surface area is 122 Å². The number of aliphatic hydroxyl groups is 1. The van der Waals surface area contributed by atoms with E-state index in [0.29, 0.717) is 17.8 Å². The summed E-state index contributed by atoms with van der Waals surface area (Å²) >= 11 is 1.62. The molecule has 1 unspecified atom stereocenters. The molecule has 0 aliphatic rings. The lowest BCUT2D eigenvalue weighted by atomic mass is 10.1. The van der Waals surface area contributed by atoms with Gasteiger partial charge in [-0.05, 0) is 36.4 Å². The van der Waals surface area contributed by atoms with E-state index in [1.807, 2.05) is 36.7 Å². The SMILES string of the molecule is Cc1nc(-c2ccsc2)ccc1C(=O)NCC(C)CO. The van der Waals surface area contributed by atoms with Crippen molar-refractivity contribution < 1.29 is 9.90 Å². The van der Waals surface area contributed by atoms with E-state index in [-0.39, 0.29) is 18.4 Å². The number of aliphatic hydroxyl groups excluding tert-OH is 1. The smallest absolute Gasteiger partial charge is 0.253 e. The van der Waals surface area contributed by atoms with Gasteiger partial charge in [0.25, 0.3) is 5.91 Å². The van der Waals surface area contributed by atoms with Crippen LogP contribution >= 0.6 is 11.3 Å². The molecule has 0 spiro atoms. The topological polar surface area (TPSA) is 62.2 Å². The van der Waals surface area contributed by atoms with Gasteiger partial charge in [-0.2, -0.15) is 11.3 Å². The van der Waals surface area contributed by atoms with E-state index < -0.39 is 0 Å². The standard InChI is InChI=1S/C15H18N2O2S/c1-10(8-18)7-16-15(19)13-3-4-14(17-11(13)2)12-5-6-20-9-12/h3-6,9-10,18H,7-8H2,1-2H3,(H,16,19). The van der Waals surface area contributed by atoms with Crippen molar-refractivity contribution in [3.8, 4) is 11.3 Å². The van der Waals surface area contributed by atoms with Crippen LogP contribution in [-0.2, 0) is 0 Å². The molecular formula is C15H18N2O2S. The monoisotopic (exact) mass is 290 g/mol. The highest BCUT2D eigenvalue weighted by Gasteiger charge is 2.12. The quantitative estimate of drug-likeness (QED) is 0.889. The van der Waals surface area contributed by atoms with Crippen LogP contribution in [0.15, 0.2) is 29.0 Å². The minimum Gasteiger partial charge on any atom is -0.396 e. The third kappa shape index (κ3) is 3.43. The summed E-state index contributed by atoms with van der Waals surface area (Å²) in [4.78, 5) is 16.5. The Morgan fingerprint density at radius 2 is 2.25 bits per heavy atom. The number of hydrogen-bond acceptors (Lipinski definition) is 4. The van der Waals surface area contributed by atoms with Crippen molar-refractivity contribution in [2.75, 3.05) is 13.2 Å². The van der Waals surface area contributed by atoms with Crippen LogP contribution in [0.2, 0.25) is 0 Å². The van der Waals surface area contributed by atoms with Gasteiger partial charge in [0.2, 0.25) is 0 Å². The zero-order valence-electron chi connectivity index (χ0n) is 11.6. The minimum absolute atomic E-state index is 0.0531. The molecule has 4 nitrogen and oxygen atoms in total. The van der Waals surface area contributed by atoms with Crippen molar-refractivity contribution >= 4 is 17.2 Å². The van der Waals surface area contributed by atoms with E-state index in [9.17, 15) is 4.79 Å². The Morgan fingerprint density at radius 1 is 1.45 bits per heavy atom. The molecule has 2 heterocycles. The van der Waals surface area contributed by atoms with E-state index in [1.54, 1.807) is 17.4 Å². The molecule has 0 aliphatic carbocycles. The van der Waals surface area contributed by atoms with E-state index in [1.165, 1.54) is 0 Å². The second kappa shape index (κ2) is 6.63. The molecule has 5 heteroatoms. The predicted molar refractivity (Wildman–Crippen MR) is 80.9 cm³/mol. The van der Waals surface area contributed by atoms with Gasteiger partial charge < -0.3 is 10.4 Å². The molecule has 0 fully saturated rings. The molecule has 1 atom stereocenters. The molecule has 2 rings (SSSR count). The highest BCUT2D eigenvalue weighted by atomic mass is 32.1. The molecule has 2 aromatic rings. The molecule has 1 amide bonds. The van der Waals surface area contributed by atoms with Crippen LogP contribution in [0.4, 0.5) is 0 Å². The first kappa shape index (κ1) is 14.7. The number of rotatable bonds is 5. The summed E-state index contributed by atoms with van der Waals surface area (Å²) in [6.07, 6.45) is 0. The molecule has 2 N–H and O–H groups in total. The van der Waals surface area contributed by atoms with Crippen molar-refractivity contribution in [2.24, 2.45) is 5.92 Å². The normalized spacial score (nSPS) is 12.2. The fraction of sp³-hybridized carbons (Fsp3) is 0.333. The molecule has 106 valence electrons. The first-order valence-corrected chi connectivity index (χ1v) is 7.45. The number of carbonyl (C=O) groups excluding carboxylic acids is 1. The Hall–Kier alpha value is -1.72. The lowest BCUT2D eigenvalue weighted by molar-refractivity contribution is 0.0941. The van der Waals surface area contributed by atoms with Crippen LogP contribution in [0.25, 0.3) is 11.3 Å². The number of amides is 1. The Balaban J connectivity index is 2.11. The zero-order valence-corrected chi connectivity index (χ0v) is 12.4. The van der Waals surface area contributed by atoms with Gasteiger partial charge in [0.15, 0.2) is 0 Å². The summed E-state index contributed by atoms with van der Waals surface area (Å²) in [6.45, 7) is 4.24. The lowest BCUT2D eigenvalue weighted by Crippen LogP contribution is -2.30.